The number of anilines is 1. The first-order valence-electron chi connectivity index (χ1n) is 12.6. The zero-order valence-corrected chi connectivity index (χ0v) is 22.2. The predicted octanol–water partition coefficient (Wildman–Crippen LogP) is 4.02. The Bertz CT molecular complexity index is 1300. The van der Waals surface area contributed by atoms with E-state index < -0.39 is 6.10 Å². The quantitative estimate of drug-likeness (QED) is 0.305. The van der Waals surface area contributed by atoms with Gasteiger partial charge in [0, 0.05) is 43.9 Å². The van der Waals surface area contributed by atoms with Gasteiger partial charge in [0.1, 0.15) is 30.0 Å². The Labute approximate surface area is 226 Å². The number of β-amino-alcohol motifs (C(OH)–C–C–N with tert-alkyl or cyclic N) is 1. The maximum atomic E-state index is 12.7. The lowest BCUT2D eigenvalue weighted by Crippen LogP contribution is -2.34. The van der Waals surface area contributed by atoms with Gasteiger partial charge in [-0.2, -0.15) is 0 Å². The van der Waals surface area contributed by atoms with Gasteiger partial charge in [0.05, 0.1) is 21.8 Å². The number of nitrogens with one attached hydrogen (secondary N) is 3. The second kappa shape index (κ2) is 12.8. The molecule has 38 heavy (non-hydrogen) atoms. The van der Waals surface area contributed by atoms with Gasteiger partial charge in [0.25, 0.3) is 5.91 Å². The average Bonchev–Trinajstić information content (AvgIpc) is 3.41. The summed E-state index contributed by atoms with van der Waals surface area (Å²) >= 11 is 6.35. The molecule has 2 heterocycles. The van der Waals surface area contributed by atoms with Gasteiger partial charge in [-0.3, -0.25) is 9.78 Å². The molecule has 3 amide bonds. The van der Waals surface area contributed by atoms with E-state index in [4.69, 9.17) is 21.1 Å². The number of amides is 3. The fourth-order valence-corrected chi connectivity index (χ4v) is 4.50. The number of ether oxygens (including phenoxy) is 2. The Balaban J connectivity index is 1.56. The van der Waals surface area contributed by atoms with Crippen molar-refractivity contribution in [2.24, 2.45) is 0 Å². The van der Waals surface area contributed by atoms with Crippen LogP contribution in [0.2, 0.25) is 5.02 Å². The van der Waals surface area contributed by atoms with Crippen LogP contribution in [-0.2, 0) is 0 Å². The number of carbonyl (C=O) groups excluding carboxylic acids is 2. The number of benzene rings is 2. The van der Waals surface area contributed by atoms with Gasteiger partial charge in [0.2, 0.25) is 0 Å². The molecule has 10 nitrogen and oxygen atoms in total. The summed E-state index contributed by atoms with van der Waals surface area (Å²) in [7, 11) is 1.54. The lowest BCUT2D eigenvalue weighted by Gasteiger charge is -2.20. The van der Waals surface area contributed by atoms with Crippen LogP contribution in [0.5, 0.6) is 17.2 Å². The van der Waals surface area contributed by atoms with Gasteiger partial charge in [-0.25, -0.2) is 4.79 Å². The van der Waals surface area contributed by atoms with Gasteiger partial charge in [-0.15, -0.1) is 0 Å². The third-order valence-corrected chi connectivity index (χ3v) is 6.44. The van der Waals surface area contributed by atoms with Gasteiger partial charge >= 0.3 is 6.03 Å². The number of halogens is 1. The van der Waals surface area contributed by atoms with E-state index in [9.17, 15) is 14.7 Å². The maximum Gasteiger partial charge on any atom is 0.319 e. The molecular weight excluding hydrogens is 510 g/mol. The highest BCUT2D eigenvalue weighted by Gasteiger charge is 2.20. The number of aliphatic hydroxyl groups excluding tert-OH is 1. The maximum absolute atomic E-state index is 12.7. The molecule has 0 unspecified atom stereocenters. The highest BCUT2D eigenvalue weighted by atomic mass is 35.5. The van der Waals surface area contributed by atoms with Crippen LogP contribution < -0.4 is 25.4 Å². The van der Waals surface area contributed by atoms with Crippen molar-refractivity contribution in [1.29, 1.82) is 0 Å². The number of nitrogens with zero attached hydrogens (tertiary/aromatic N) is 2. The average molecular weight is 542 g/mol. The largest absolute Gasteiger partial charge is 0.490 e. The number of likely N-dealkylation sites (tertiary alicyclic amines) is 1. The molecule has 0 aliphatic carbocycles. The summed E-state index contributed by atoms with van der Waals surface area (Å²) in [6, 6.07) is 9.57. The first-order valence-corrected chi connectivity index (χ1v) is 13.0. The molecule has 3 aromatic rings. The first kappa shape index (κ1) is 27.4. The van der Waals surface area contributed by atoms with E-state index in [0.29, 0.717) is 57.5 Å². The Morgan fingerprint density at radius 1 is 1.16 bits per heavy atom. The topological polar surface area (TPSA) is 125 Å². The first-order chi connectivity index (χ1) is 18.4. The number of pyridine rings is 1. The molecule has 1 aromatic heterocycles. The molecule has 4 N–H and O–H groups in total. The SMILES string of the molecule is CCNC(=O)Nc1ccc(Oc2ccnc3cc(OC[C@H](O)CN4CCCC4)c(C(=O)NC)cc23)cc1Cl. The molecule has 2 aromatic carbocycles. The molecule has 0 spiro atoms. The monoisotopic (exact) mass is 541 g/mol. The number of hydrogen-bond donors (Lipinski definition) is 4. The van der Waals surface area contributed by atoms with Crippen LogP contribution in [0.15, 0.2) is 42.6 Å². The van der Waals surface area contributed by atoms with Crippen LogP contribution >= 0.6 is 11.6 Å². The Morgan fingerprint density at radius 2 is 1.95 bits per heavy atom. The van der Waals surface area contributed by atoms with Crippen molar-refractivity contribution in [2.45, 2.75) is 25.9 Å². The molecule has 1 aliphatic rings. The van der Waals surface area contributed by atoms with Crippen molar-refractivity contribution in [3.63, 3.8) is 0 Å². The summed E-state index contributed by atoms with van der Waals surface area (Å²) in [5.41, 5.74) is 1.30. The number of hydrogen-bond acceptors (Lipinski definition) is 7. The number of carbonyl (C=O) groups is 2. The van der Waals surface area contributed by atoms with E-state index in [-0.39, 0.29) is 18.5 Å². The Kier molecular flexibility index (Phi) is 9.22. The van der Waals surface area contributed by atoms with Gasteiger partial charge in [0.15, 0.2) is 0 Å². The molecule has 11 heteroatoms. The molecule has 1 aliphatic heterocycles. The summed E-state index contributed by atoms with van der Waals surface area (Å²) in [4.78, 5) is 31.1. The number of fused-ring (bicyclic) bond motifs is 1. The molecule has 1 saturated heterocycles. The molecule has 0 bridgehead atoms. The van der Waals surface area contributed by atoms with Crippen molar-refractivity contribution < 1.29 is 24.2 Å². The van der Waals surface area contributed by atoms with Crippen LogP contribution in [-0.4, -0.2) is 72.9 Å². The molecule has 0 radical (unpaired) electrons. The van der Waals surface area contributed by atoms with E-state index in [2.05, 4.69) is 25.8 Å². The lowest BCUT2D eigenvalue weighted by molar-refractivity contribution is 0.0746. The fraction of sp³-hybridized carbons (Fsp3) is 0.370. The van der Waals surface area contributed by atoms with Gasteiger partial charge in [-0.05, 0) is 57.1 Å². The third kappa shape index (κ3) is 6.83. The highest BCUT2D eigenvalue weighted by molar-refractivity contribution is 6.33. The van der Waals surface area contributed by atoms with Crippen molar-refractivity contribution in [3.05, 3.63) is 53.2 Å². The molecular formula is C27H32ClN5O5. The van der Waals surface area contributed by atoms with Crippen molar-refractivity contribution in [3.8, 4) is 17.2 Å². The standard InChI is InChI=1S/C27H32ClN5O5/c1-3-30-27(36)32-22-7-6-18(12-21(22)28)38-24-8-9-31-23-14-25(20(13-19(23)24)26(35)29-2)37-16-17(34)15-33-10-4-5-11-33/h6-9,12-14,17,34H,3-5,10-11,15-16H2,1-2H3,(H,29,35)(H2,30,32,36)/t17-/m1/s1. The smallest absolute Gasteiger partial charge is 0.319 e. The van der Waals surface area contributed by atoms with E-state index in [1.165, 1.54) is 7.05 Å². The molecule has 202 valence electrons. The van der Waals surface area contributed by atoms with Gasteiger partial charge in [-0.1, -0.05) is 11.6 Å². The third-order valence-electron chi connectivity index (χ3n) is 6.13. The minimum Gasteiger partial charge on any atom is -0.490 e. The summed E-state index contributed by atoms with van der Waals surface area (Å²) in [6.45, 7) is 4.84. The highest BCUT2D eigenvalue weighted by Crippen LogP contribution is 2.35. The zero-order chi connectivity index (χ0) is 27.1. The van der Waals surface area contributed by atoms with Crippen LogP contribution in [0.3, 0.4) is 0 Å². The summed E-state index contributed by atoms with van der Waals surface area (Å²) in [6.07, 6.45) is 3.19. The van der Waals surface area contributed by atoms with Crippen molar-refractivity contribution in [1.82, 2.24) is 20.5 Å². The number of rotatable bonds is 10. The van der Waals surface area contributed by atoms with E-state index in [1.54, 1.807) is 42.6 Å². The molecule has 0 saturated carbocycles. The minimum absolute atomic E-state index is 0.0529. The zero-order valence-electron chi connectivity index (χ0n) is 21.4. The molecule has 1 fully saturated rings. The fourth-order valence-electron chi connectivity index (χ4n) is 4.29. The normalized spacial score (nSPS) is 14.2. The minimum atomic E-state index is -0.681. The number of aromatic nitrogens is 1. The number of urea groups is 1. The van der Waals surface area contributed by atoms with Crippen molar-refractivity contribution >= 4 is 40.1 Å². The van der Waals surface area contributed by atoms with E-state index in [0.717, 1.165) is 25.9 Å². The number of aliphatic hydroxyl groups is 1. The van der Waals surface area contributed by atoms with Crippen LogP contribution in [0, 0.1) is 0 Å². The van der Waals surface area contributed by atoms with E-state index >= 15 is 0 Å². The second-order valence-corrected chi connectivity index (χ2v) is 9.36. The molecule has 4 rings (SSSR count). The summed E-state index contributed by atoms with van der Waals surface area (Å²) < 4.78 is 12.0. The second-order valence-electron chi connectivity index (χ2n) is 8.95. The Morgan fingerprint density at radius 3 is 2.66 bits per heavy atom. The van der Waals surface area contributed by atoms with Gasteiger partial charge < -0.3 is 35.4 Å². The summed E-state index contributed by atoms with van der Waals surface area (Å²) in [5, 5.41) is 19.3. The van der Waals surface area contributed by atoms with Crippen LogP contribution in [0.25, 0.3) is 10.9 Å². The van der Waals surface area contributed by atoms with Crippen molar-refractivity contribution in [2.75, 3.05) is 45.2 Å². The van der Waals surface area contributed by atoms with Crippen LogP contribution in [0.4, 0.5) is 10.5 Å². The van der Waals surface area contributed by atoms with Crippen LogP contribution in [0.1, 0.15) is 30.1 Å². The predicted molar refractivity (Wildman–Crippen MR) is 147 cm³/mol. The molecule has 1 atom stereocenters. The summed E-state index contributed by atoms with van der Waals surface area (Å²) in [5.74, 6) is 0.887. The van der Waals surface area contributed by atoms with E-state index in [1.807, 2.05) is 6.92 Å². The Hall–Kier alpha value is -3.60. The lowest BCUT2D eigenvalue weighted by atomic mass is 10.1.